The molecule has 0 fully saturated rings. The van der Waals surface area contributed by atoms with Crippen molar-refractivity contribution in [2.45, 2.75) is 25.7 Å². The van der Waals surface area contributed by atoms with Gasteiger partial charge in [0.15, 0.2) is 0 Å². The maximum absolute atomic E-state index is 8.90. The summed E-state index contributed by atoms with van der Waals surface area (Å²) in [6, 6.07) is 5.99. The van der Waals surface area contributed by atoms with Crippen LogP contribution in [-0.2, 0) is 11.8 Å². The lowest BCUT2D eigenvalue weighted by Crippen LogP contribution is -2.29. The van der Waals surface area contributed by atoms with E-state index in [0.29, 0.717) is 5.82 Å². The Kier molecular flexibility index (Phi) is 3.57. The minimum atomic E-state index is -0.205. The Balaban J connectivity index is 2.28. The van der Waals surface area contributed by atoms with Gasteiger partial charge in [-0.15, -0.1) is 0 Å². The molecule has 0 bridgehead atoms. The third-order valence-electron chi connectivity index (χ3n) is 4.27. The summed E-state index contributed by atoms with van der Waals surface area (Å²) in [5, 5.41) is 12.1. The van der Waals surface area contributed by atoms with Gasteiger partial charge in [-0.3, -0.25) is 0 Å². The lowest BCUT2D eigenvalue weighted by atomic mass is 9.71. The highest BCUT2D eigenvalue weighted by Gasteiger charge is 2.36. The number of nitriles is 1. The van der Waals surface area contributed by atoms with Crippen LogP contribution in [0.5, 0.6) is 5.75 Å². The number of nitrogens with two attached hydrogens (primary N) is 1. The first-order valence-electron chi connectivity index (χ1n) is 7.41. The summed E-state index contributed by atoms with van der Waals surface area (Å²) in [5.74, 6) is 1.24. The van der Waals surface area contributed by atoms with Crippen LogP contribution in [0.25, 0.3) is 11.3 Å². The molecule has 0 saturated carbocycles. The van der Waals surface area contributed by atoms with Gasteiger partial charge in [-0.25, -0.2) is 9.97 Å². The Morgan fingerprint density at radius 2 is 2.17 bits per heavy atom. The van der Waals surface area contributed by atoms with Crippen molar-refractivity contribution in [2.24, 2.45) is 0 Å². The van der Waals surface area contributed by atoms with Crippen LogP contribution in [0.2, 0.25) is 0 Å². The van der Waals surface area contributed by atoms with Crippen molar-refractivity contribution >= 4 is 11.5 Å². The average Bonchev–Trinajstić information content (AvgIpc) is 2.52. The Bertz CT molecular complexity index is 807. The van der Waals surface area contributed by atoms with Gasteiger partial charge < -0.3 is 15.8 Å². The number of benzene rings is 1. The highest BCUT2D eigenvalue weighted by molar-refractivity contribution is 5.82. The van der Waals surface area contributed by atoms with Gasteiger partial charge in [-0.05, 0) is 29.5 Å². The summed E-state index contributed by atoms with van der Waals surface area (Å²) in [6.07, 6.45) is 2.25. The van der Waals surface area contributed by atoms with Gasteiger partial charge >= 0.3 is 0 Å². The Morgan fingerprint density at radius 1 is 1.39 bits per heavy atom. The molecule has 0 amide bonds. The fraction of sp³-hybridized carbons (Fsp3) is 0.353. The van der Waals surface area contributed by atoms with Gasteiger partial charge in [-0.2, -0.15) is 5.26 Å². The Labute approximate surface area is 135 Å². The maximum atomic E-state index is 8.90. The van der Waals surface area contributed by atoms with Gasteiger partial charge in [0, 0.05) is 11.1 Å². The van der Waals surface area contributed by atoms with Gasteiger partial charge in [0.1, 0.15) is 24.4 Å². The van der Waals surface area contributed by atoms with E-state index in [4.69, 9.17) is 15.7 Å². The lowest BCUT2D eigenvalue weighted by molar-refractivity contribution is 0.415. The molecule has 1 aliphatic carbocycles. The molecule has 2 aromatic rings. The van der Waals surface area contributed by atoms with Crippen LogP contribution in [0.15, 0.2) is 18.5 Å². The number of nitrogens with zero attached hydrogens (tertiary/aromatic N) is 3. The van der Waals surface area contributed by atoms with E-state index in [9.17, 15) is 0 Å². The van der Waals surface area contributed by atoms with Crippen molar-refractivity contribution in [1.29, 1.82) is 5.26 Å². The van der Waals surface area contributed by atoms with E-state index in [2.05, 4.69) is 35.2 Å². The van der Waals surface area contributed by atoms with E-state index < -0.39 is 0 Å². The number of rotatable bonds is 3. The molecule has 0 saturated heterocycles. The van der Waals surface area contributed by atoms with Crippen molar-refractivity contribution < 1.29 is 4.74 Å². The molecule has 6 heteroatoms. The van der Waals surface area contributed by atoms with Crippen molar-refractivity contribution in [3.63, 3.8) is 0 Å². The highest BCUT2D eigenvalue weighted by atomic mass is 16.5. The smallest absolute Gasteiger partial charge is 0.142 e. The molecule has 1 aromatic carbocycles. The summed E-state index contributed by atoms with van der Waals surface area (Å²) in [4.78, 5) is 8.62. The molecule has 1 heterocycles. The fourth-order valence-corrected chi connectivity index (χ4v) is 3.32. The molecule has 3 rings (SSSR count). The molecule has 0 radical (unpaired) electrons. The van der Waals surface area contributed by atoms with Crippen LogP contribution in [0, 0.1) is 11.3 Å². The van der Waals surface area contributed by atoms with Crippen LogP contribution in [0.4, 0.5) is 11.5 Å². The quantitative estimate of drug-likeness (QED) is 0.846. The first-order valence-corrected chi connectivity index (χ1v) is 7.41. The van der Waals surface area contributed by atoms with Crippen LogP contribution in [0.1, 0.15) is 25.0 Å². The third kappa shape index (κ3) is 2.34. The Hall–Kier alpha value is -2.81. The molecule has 118 valence electrons. The molecule has 0 atom stereocenters. The molecule has 0 aliphatic heterocycles. The second kappa shape index (κ2) is 5.43. The minimum absolute atomic E-state index is 0.205. The summed E-state index contributed by atoms with van der Waals surface area (Å²) < 4.78 is 5.46. The van der Waals surface area contributed by atoms with Gasteiger partial charge in [0.2, 0.25) is 0 Å². The molecule has 1 aliphatic rings. The first kappa shape index (κ1) is 15.1. The van der Waals surface area contributed by atoms with Crippen LogP contribution in [0.3, 0.4) is 0 Å². The number of hydrogen-bond acceptors (Lipinski definition) is 6. The monoisotopic (exact) mass is 309 g/mol. The topological polar surface area (TPSA) is 96.8 Å². The number of fused-ring (bicyclic) bond motifs is 3. The second-order valence-corrected chi connectivity index (χ2v) is 6.22. The van der Waals surface area contributed by atoms with E-state index in [1.165, 1.54) is 6.33 Å². The van der Waals surface area contributed by atoms with Crippen LogP contribution < -0.4 is 15.8 Å². The second-order valence-electron chi connectivity index (χ2n) is 6.22. The number of nitrogen functional groups attached to an aromatic ring is 1. The summed E-state index contributed by atoms with van der Waals surface area (Å²) in [6.45, 7) is 4.47. The maximum Gasteiger partial charge on any atom is 0.142 e. The SMILES string of the molecule is COc1ccc2c(c1NCC#N)CC(C)(C)c1c(N)ncnc1-2. The summed E-state index contributed by atoms with van der Waals surface area (Å²) in [5.41, 5.74) is 10.7. The predicted octanol–water partition coefficient (Wildman–Crippen LogP) is 2.50. The van der Waals surface area contributed by atoms with Crippen molar-refractivity contribution in [3.8, 4) is 23.1 Å². The number of nitrogens with one attached hydrogen (secondary N) is 1. The predicted molar refractivity (Wildman–Crippen MR) is 89.3 cm³/mol. The number of aromatic nitrogens is 2. The normalized spacial score (nSPS) is 14.3. The average molecular weight is 309 g/mol. The zero-order chi connectivity index (χ0) is 16.6. The van der Waals surface area contributed by atoms with Gasteiger partial charge in [-0.1, -0.05) is 13.8 Å². The molecule has 3 N–H and O–H groups in total. The number of methoxy groups -OCH3 is 1. The largest absolute Gasteiger partial charge is 0.495 e. The van der Waals surface area contributed by atoms with Crippen molar-refractivity contribution in [1.82, 2.24) is 9.97 Å². The zero-order valence-electron chi connectivity index (χ0n) is 13.5. The van der Waals surface area contributed by atoms with E-state index in [-0.39, 0.29) is 12.0 Å². The van der Waals surface area contributed by atoms with Gasteiger partial charge in [0.25, 0.3) is 0 Å². The fourth-order valence-electron chi connectivity index (χ4n) is 3.32. The molecule has 0 spiro atoms. The van der Waals surface area contributed by atoms with E-state index >= 15 is 0 Å². The lowest BCUT2D eigenvalue weighted by Gasteiger charge is -2.35. The molecule has 23 heavy (non-hydrogen) atoms. The van der Waals surface area contributed by atoms with Crippen molar-refractivity contribution in [3.05, 3.63) is 29.6 Å². The molecule has 0 unspecified atom stereocenters. The highest BCUT2D eigenvalue weighted by Crippen LogP contribution is 2.48. The number of ether oxygens (including phenoxy) is 1. The molecular formula is C17H19N5O. The zero-order valence-corrected chi connectivity index (χ0v) is 13.5. The number of hydrogen-bond donors (Lipinski definition) is 2. The van der Waals surface area contributed by atoms with Crippen LogP contribution in [-0.4, -0.2) is 23.6 Å². The summed E-state index contributed by atoms with van der Waals surface area (Å²) in [7, 11) is 1.63. The third-order valence-corrected chi connectivity index (χ3v) is 4.27. The first-order chi connectivity index (χ1) is 11.0. The van der Waals surface area contributed by atoms with E-state index in [1.54, 1.807) is 7.11 Å². The van der Waals surface area contributed by atoms with Gasteiger partial charge in [0.05, 0.1) is 24.6 Å². The minimum Gasteiger partial charge on any atom is -0.495 e. The standard InChI is InChI=1S/C17H19N5O/c1-17(2)8-11-10(15-13(17)16(19)22-9-21-15)4-5-12(23-3)14(11)20-7-6-18/h4-5,9,20H,7-8H2,1-3H3,(H2,19,21,22). The molecule has 1 aromatic heterocycles. The van der Waals surface area contributed by atoms with E-state index in [1.807, 2.05) is 12.1 Å². The Morgan fingerprint density at radius 3 is 2.87 bits per heavy atom. The molecular weight excluding hydrogens is 290 g/mol. The number of anilines is 2. The van der Waals surface area contributed by atoms with Crippen molar-refractivity contribution in [2.75, 3.05) is 24.7 Å². The summed E-state index contributed by atoms with van der Waals surface area (Å²) >= 11 is 0. The molecule has 6 nitrogen and oxygen atoms in total. The van der Waals surface area contributed by atoms with E-state index in [0.717, 1.165) is 40.2 Å². The van der Waals surface area contributed by atoms with Crippen LogP contribution >= 0.6 is 0 Å².